The Morgan fingerprint density at radius 2 is 2.21 bits per heavy atom. The van der Waals surface area contributed by atoms with Crippen molar-refractivity contribution in [3.05, 3.63) is 30.1 Å². The van der Waals surface area contributed by atoms with Crippen LogP contribution in [-0.4, -0.2) is 30.2 Å². The number of nitrogens with one attached hydrogen (secondary N) is 2. The summed E-state index contributed by atoms with van der Waals surface area (Å²) in [5, 5.41) is 6.02. The van der Waals surface area contributed by atoms with Crippen molar-refractivity contribution in [1.82, 2.24) is 15.2 Å². The van der Waals surface area contributed by atoms with E-state index in [4.69, 9.17) is 4.74 Å². The number of aromatic amines is 1. The topological polar surface area (TPSA) is 97.0 Å². The lowest BCUT2D eigenvalue weighted by molar-refractivity contribution is 0.331. The molecule has 1 heterocycles. The van der Waals surface area contributed by atoms with Crippen molar-refractivity contribution in [3.63, 3.8) is 0 Å². The van der Waals surface area contributed by atoms with Crippen LogP contribution in [0.15, 0.2) is 29.4 Å². The average molecular weight is 282 g/mol. The van der Waals surface area contributed by atoms with Crippen molar-refractivity contribution < 1.29 is 13.2 Å². The molecular weight excluding hydrogens is 268 g/mol. The fraction of sp³-hybridized carbons (Fsp3) is 0.273. The molecule has 1 aromatic heterocycles. The van der Waals surface area contributed by atoms with Gasteiger partial charge < -0.3 is 4.74 Å². The highest BCUT2D eigenvalue weighted by Crippen LogP contribution is 2.26. The van der Waals surface area contributed by atoms with Gasteiger partial charge in [-0.2, -0.15) is 10.1 Å². The molecule has 0 aliphatic carbocycles. The second-order valence-electron chi connectivity index (χ2n) is 3.82. The minimum absolute atomic E-state index is 0.0592. The van der Waals surface area contributed by atoms with Crippen LogP contribution in [-0.2, 0) is 10.0 Å². The van der Waals surface area contributed by atoms with E-state index in [9.17, 15) is 8.42 Å². The Bertz CT molecular complexity index is 653. The Kier molecular flexibility index (Phi) is 3.70. The van der Waals surface area contributed by atoms with Gasteiger partial charge in [-0.15, -0.1) is 0 Å². The summed E-state index contributed by atoms with van der Waals surface area (Å²) in [4.78, 5) is 3.80. The summed E-state index contributed by atoms with van der Waals surface area (Å²) in [6.45, 7) is 3.98. The molecule has 7 nitrogen and oxygen atoms in total. The van der Waals surface area contributed by atoms with Gasteiger partial charge in [0.1, 0.15) is 17.0 Å². The minimum Gasteiger partial charge on any atom is -0.492 e. The number of aromatic nitrogens is 3. The van der Waals surface area contributed by atoms with Gasteiger partial charge in [-0.05, 0) is 31.5 Å². The van der Waals surface area contributed by atoms with Crippen LogP contribution in [0.1, 0.15) is 12.5 Å². The first kappa shape index (κ1) is 13.3. The number of hydrogen-bond acceptors (Lipinski definition) is 5. The average Bonchev–Trinajstić information content (AvgIpc) is 2.83. The van der Waals surface area contributed by atoms with Crippen LogP contribution in [0.2, 0.25) is 0 Å². The van der Waals surface area contributed by atoms with Crippen molar-refractivity contribution in [1.29, 1.82) is 0 Å². The molecule has 0 atom stereocenters. The predicted octanol–water partition coefficient (Wildman–Crippen LogP) is 1.31. The standard InChI is InChI=1S/C11H14N4O3S/c1-3-18-9-5-4-8(2)6-10(9)19(16,17)15-11-12-7-13-14-11/h4-7H,3H2,1-2H3,(H2,12,13,14,15). The highest BCUT2D eigenvalue weighted by molar-refractivity contribution is 7.92. The van der Waals surface area contributed by atoms with Gasteiger partial charge in [-0.25, -0.2) is 18.2 Å². The molecule has 2 aromatic rings. The quantitative estimate of drug-likeness (QED) is 0.861. The molecule has 0 unspecified atom stereocenters. The molecule has 0 saturated carbocycles. The van der Waals surface area contributed by atoms with E-state index in [1.165, 1.54) is 6.33 Å². The molecule has 0 saturated heterocycles. The van der Waals surface area contributed by atoms with Gasteiger partial charge >= 0.3 is 0 Å². The fourth-order valence-corrected chi connectivity index (χ4v) is 2.73. The van der Waals surface area contributed by atoms with Crippen LogP contribution in [0.5, 0.6) is 5.75 Å². The van der Waals surface area contributed by atoms with Crippen molar-refractivity contribution >= 4 is 16.0 Å². The molecule has 102 valence electrons. The summed E-state index contributed by atoms with van der Waals surface area (Å²) >= 11 is 0. The van der Waals surface area contributed by atoms with E-state index in [-0.39, 0.29) is 10.8 Å². The van der Waals surface area contributed by atoms with Crippen LogP contribution in [0.25, 0.3) is 0 Å². The lowest BCUT2D eigenvalue weighted by atomic mass is 10.2. The number of aryl methyl sites for hydroxylation is 1. The van der Waals surface area contributed by atoms with E-state index in [1.54, 1.807) is 25.1 Å². The number of hydrogen-bond donors (Lipinski definition) is 2. The Morgan fingerprint density at radius 3 is 2.84 bits per heavy atom. The lowest BCUT2D eigenvalue weighted by Crippen LogP contribution is -2.15. The number of nitrogens with zero attached hydrogens (tertiary/aromatic N) is 2. The largest absolute Gasteiger partial charge is 0.492 e. The number of ether oxygens (including phenoxy) is 1. The Hall–Kier alpha value is -2.09. The van der Waals surface area contributed by atoms with E-state index in [1.807, 2.05) is 6.92 Å². The first-order valence-electron chi connectivity index (χ1n) is 5.64. The maximum atomic E-state index is 12.3. The maximum absolute atomic E-state index is 12.3. The number of sulfonamides is 1. The van der Waals surface area contributed by atoms with Gasteiger partial charge in [0.2, 0.25) is 5.95 Å². The first-order chi connectivity index (χ1) is 9.03. The zero-order valence-electron chi connectivity index (χ0n) is 10.5. The summed E-state index contributed by atoms with van der Waals surface area (Å²) in [6.07, 6.45) is 1.22. The van der Waals surface area contributed by atoms with Gasteiger partial charge in [0.25, 0.3) is 10.0 Å². The van der Waals surface area contributed by atoms with Crippen molar-refractivity contribution in [3.8, 4) is 5.75 Å². The molecule has 8 heteroatoms. The number of anilines is 1. The van der Waals surface area contributed by atoms with Crippen LogP contribution in [0.4, 0.5) is 5.95 Å². The molecule has 0 amide bonds. The van der Waals surface area contributed by atoms with E-state index < -0.39 is 10.0 Å². The number of rotatable bonds is 5. The number of H-pyrrole nitrogens is 1. The Morgan fingerprint density at radius 1 is 1.42 bits per heavy atom. The van der Waals surface area contributed by atoms with Crippen molar-refractivity contribution in [2.45, 2.75) is 18.7 Å². The monoisotopic (exact) mass is 282 g/mol. The van der Waals surface area contributed by atoms with Crippen molar-refractivity contribution in [2.24, 2.45) is 0 Å². The third kappa shape index (κ3) is 3.02. The highest BCUT2D eigenvalue weighted by Gasteiger charge is 2.21. The summed E-state index contributed by atoms with van der Waals surface area (Å²) in [7, 11) is -3.77. The van der Waals surface area contributed by atoms with Gasteiger partial charge in [-0.3, -0.25) is 0 Å². The van der Waals surface area contributed by atoms with E-state index in [0.29, 0.717) is 12.4 Å². The minimum atomic E-state index is -3.77. The first-order valence-corrected chi connectivity index (χ1v) is 7.13. The smallest absolute Gasteiger partial charge is 0.267 e. The zero-order chi connectivity index (χ0) is 13.9. The number of benzene rings is 1. The molecule has 0 bridgehead atoms. The molecule has 1 aromatic carbocycles. The van der Waals surface area contributed by atoms with E-state index >= 15 is 0 Å². The summed E-state index contributed by atoms with van der Waals surface area (Å²) in [5.74, 6) is 0.365. The third-order valence-electron chi connectivity index (χ3n) is 2.33. The van der Waals surface area contributed by atoms with Crippen LogP contribution < -0.4 is 9.46 Å². The van der Waals surface area contributed by atoms with Crippen LogP contribution in [0, 0.1) is 6.92 Å². The van der Waals surface area contributed by atoms with Gasteiger partial charge in [0.05, 0.1) is 6.61 Å². The maximum Gasteiger partial charge on any atom is 0.267 e. The van der Waals surface area contributed by atoms with Gasteiger partial charge in [0.15, 0.2) is 0 Å². The van der Waals surface area contributed by atoms with E-state index in [0.717, 1.165) is 5.56 Å². The summed E-state index contributed by atoms with van der Waals surface area (Å²) in [6, 6.07) is 4.97. The Balaban J connectivity index is 2.41. The third-order valence-corrected chi connectivity index (χ3v) is 3.69. The molecule has 0 spiro atoms. The predicted molar refractivity (Wildman–Crippen MR) is 69.5 cm³/mol. The molecule has 0 radical (unpaired) electrons. The van der Waals surface area contributed by atoms with Crippen LogP contribution >= 0.6 is 0 Å². The van der Waals surface area contributed by atoms with E-state index in [2.05, 4.69) is 19.9 Å². The lowest BCUT2D eigenvalue weighted by Gasteiger charge is -2.11. The zero-order valence-corrected chi connectivity index (χ0v) is 11.4. The molecule has 0 aliphatic heterocycles. The summed E-state index contributed by atoms with van der Waals surface area (Å²) < 4.78 is 32.2. The molecular formula is C11H14N4O3S. The molecule has 19 heavy (non-hydrogen) atoms. The second-order valence-corrected chi connectivity index (χ2v) is 5.47. The highest BCUT2D eigenvalue weighted by atomic mass is 32.2. The van der Waals surface area contributed by atoms with Crippen molar-refractivity contribution in [2.75, 3.05) is 11.3 Å². The SMILES string of the molecule is CCOc1ccc(C)cc1S(=O)(=O)Nc1ncn[nH]1. The normalized spacial score (nSPS) is 11.3. The fourth-order valence-electron chi connectivity index (χ4n) is 1.54. The Labute approximate surface area is 111 Å². The second kappa shape index (κ2) is 5.27. The molecule has 0 fully saturated rings. The van der Waals surface area contributed by atoms with Crippen LogP contribution in [0.3, 0.4) is 0 Å². The van der Waals surface area contributed by atoms with Gasteiger partial charge in [0, 0.05) is 0 Å². The molecule has 2 N–H and O–H groups in total. The molecule has 2 rings (SSSR count). The molecule has 0 aliphatic rings. The summed E-state index contributed by atoms with van der Waals surface area (Å²) in [5.41, 5.74) is 0.821. The van der Waals surface area contributed by atoms with Gasteiger partial charge in [-0.1, -0.05) is 6.07 Å².